The van der Waals surface area contributed by atoms with Gasteiger partial charge in [0.1, 0.15) is 17.6 Å². The van der Waals surface area contributed by atoms with E-state index in [1.54, 1.807) is 11.8 Å². The number of nitrogens with zero attached hydrogens (tertiary/aromatic N) is 1. The van der Waals surface area contributed by atoms with Gasteiger partial charge in [0, 0.05) is 19.2 Å². The average molecular weight is 479 g/mol. The van der Waals surface area contributed by atoms with Crippen LogP contribution in [-0.2, 0) is 23.9 Å². The van der Waals surface area contributed by atoms with Gasteiger partial charge >= 0.3 is 5.97 Å². The van der Waals surface area contributed by atoms with Gasteiger partial charge in [0.15, 0.2) is 0 Å². The highest BCUT2D eigenvalue weighted by molar-refractivity contribution is 5.98. The summed E-state index contributed by atoms with van der Waals surface area (Å²) in [6, 6.07) is -0.598. The molecular formula is C26H42N2O6. The van der Waals surface area contributed by atoms with Crippen LogP contribution in [0, 0.1) is 17.8 Å². The molecule has 1 spiro atoms. The van der Waals surface area contributed by atoms with Gasteiger partial charge in [0.2, 0.25) is 11.8 Å². The fraction of sp³-hybridized carbons (Fsp3) is 0.885. The summed E-state index contributed by atoms with van der Waals surface area (Å²) in [6.45, 7) is 6.59. The molecule has 1 saturated carbocycles. The van der Waals surface area contributed by atoms with Crippen molar-refractivity contribution in [2.75, 3.05) is 19.8 Å². The number of esters is 1. The highest BCUT2D eigenvalue weighted by atomic mass is 16.6. The first kappa shape index (κ1) is 25.4. The SMILES string of the molecule is CCOC(=O)[C@@H]1[C@H]2C(=O)N(CCCCCCO)C(C(=O)NC3CCCCC3)C23CC(C)[C@@]1(C)O3. The molecular weight excluding hydrogens is 436 g/mol. The number of rotatable bonds is 10. The summed E-state index contributed by atoms with van der Waals surface area (Å²) in [5.41, 5.74) is -1.81. The predicted octanol–water partition coefficient (Wildman–Crippen LogP) is 2.56. The van der Waals surface area contributed by atoms with Gasteiger partial charge in [-0.05, 0) is 51.9 Å². The molecule has 4 fully saturated rings. The van der Waals surface area contributed by atoms with Crippen LogP contribution in [0.4, 0.5) is 0 Å². The third kappa shape index (κ3) is 4.15. The van der Waals surface area contributed by atoms with Crippen LogP contribution in [0.15, 0.2) is 0 Å². The van der Waals surface area contributed by atoms with E-state index in [0.29, 0.717) is 13.0 Å². The first-order valence-corrected chi connectivity index (χ1v) is 13.4. The lowest BCUT2D eigenvalue weighted by molar-refractivity contribution is -0.161. The molecule has 4 aliphatic rings. The molecule has 0 aromatic rings. The van der Waals surface area contributed by atoms with E-state index in [4.69, 9.17) is 14.6 Å². The summed E-state index contributed by atoms with van der Waals surface area (Å²) in [7, 11) is 0. The standard InChI is InChI=1S/C26H42N2O6/c1-4-33-24(32)20-19-23(31)28(14-10-5-6-11-15-29)21(22(30)27-18-12-8-7-9-13-18)26(19)16-17(2)25(20,3)34-26/h17-21,29H,4-16H2,1-3H3,(H,27,30)/t17?,19-,20-,21?,25+,26?/m0/s1. The van der Waals surface area contributed by atoms with Crippen molar-refractivity contribution in [2.45, 2.75) is 108 Å². The van der Waals surface area contributed by atoms with E-state index < -0.39 is 35.0 Å². The maximum atomic E-state index is 13.9. The van der Waals surface area contributed by atoms with Crippen molar-refractivity contribution in [3.05, 3.63) is 0 Å². The molecule has 2 bridgehead atoms. The second-order valence-corrected chi connectivity index (χ2v) is 11.0. The van der Waals surface area contributed by atoms with Gasteiger partial charge in [0.25, 0.3) is 0 Å². The number of nitrogens with one attached hydrogen (secondary N) is 1. The molecule has 34 heavy (non-hydrogen) atoms. The number of fused-ring (bicyclic) bond motifs is 1. The number of hydrogen-bond acceptors (Lipinski definition) is 6. The van der Waals surface area contributed by atoms with Crippen LogP contribution in [-0.4, -0.2) is 70.8 Å². The molecule has 8 nitrogen and oxygen atoms in total. The van der Waals surface area contributed by atoms with Crippen LogP contribution in [0.2, 0.25) is 0 Å². The van der Waals surface area contributed by atoms with Crippen molar-refractivity contribution in [2.24, 2.45) is 17.8 Å². The average Bonchev–Trinajstić information content (AvgIpc) is 3.31. The highest BCUT2D eigenvalue weighted by Crippen LogP contribution is 2.65. The second kappa shape index (κ2) is 10.1. The number of unbranched alkanes of at least 4 members (excludes halogenated alkanes) is 3. The molecule has 2 N–H and O–H groups in total. The van der Waals surface area contributed by atoms with Crippen LogP contribution < -0.4 is 5.32 Å². The van der Waals surface area contributed by atoms with E-state index in [1.165, 1.54) is 6.42 Å². The van der Waals surface area contributed by atoms with Crippen molar-refractivity contribution >= 4 is 17.8 Å². The van der Waals surface area contributed by atoms with Crippen LogP contribution in [0.25, 0.3) is 0 Å². The van der Waals surface area contributed by atoms with Gasteiger partial charge in [0.05, 0.1) is 18.1 Å². The Labute approximate surface area is 203 Å². The van der Waals surface area contributed by atoms with E-state index in [2.05, 4.69) is 12.2 Å². The minimum atomic E-state index is -0.994. The zero-order valence-electron chi connectivity index (χ0n) is 21.0. The Morgan fingerprint density at radius 1 is 1.18 bits per heavy atom. The molecule has 192 valence electrons. The zero-order valence-corrected chi connectivity index (χ0v) is 21.0. The van der Waals surface area contributed by atoms with Crippen LogP contribution in [0.5, 0.6) is 0 Å². The van der Waals surface area contributed by atoms with E-state index in [-0.39, 0.29) is 37.0 Å². The largest absolute Gasteiger partial charge is 0.466 e. The van der Waals surface area contributed by atoms with Crippen LogP contribution >= 0.6 is 0 Å². The normalized spacial score (nSPS) is 37.2. The zero-order chi connectivity index (χ0) is 24.5. The molecule has 8 heteroatoms. The second-order valence-electron chi connectivity index (χ2n) is 11.0. The number of amides is 2. The third-order valence-corrected chi connectivity index (χ3v) is 8.86. The Hall–Kier alpha value is -1.67. The fourth-order valence-electron chi connectivity index (χ4n) is 7.14. The number of likely N-dealkylation sites (tertiary alicyclic amines) is 1. The van der Waals surface area contributed by atoms with Crippen LogP contribution in [0.1, 0.15) is 85.0 Å². The van der Waals surface area contributed by atoms with Gasteiger partial charge in [-0.1, -0.05) is 39.0 Å². The molecule has 3 heterocycles. The molecule has 2 amide bonds. The molecule has 0 radical (unpaired) electrons. The van der Waals surface area contributed by atoms with Gasteiger partial charge in [-0.15, -0.1) is 0 Å². The van der Waals surface area contributed by atoms with Gasteiger partial charge in [-0.25, -0.2) is 0 Å². The Bertz CT molecular complexity index is 783. The molecule has 0 aromatic heterocycles. The number of ether oxygens (including phenoxy) is 2. The summed E-state index contributed by atoms with van der Waals surface area (Å²) in [5, 5.41) is 12.3. The third-order valence-electron chi connectivity index (χ3n) is 8.86. The number of aliphatic hydroxyl groups is 1. The summed E-state index contributed by atoms with van der Waals surface area (Å²) in [6.07, 6.45) is 9.14. The number of carbonyl (C=O) groups excluding carboxylic acids is 3. The highest BCUT2D eigenvalue weighted by Gasteiger charge is 2.80. The van der Waals surface area contributed by atoms with Crippen LogP contribution in [0.3, 0.4) is 0 Å². The number of hydrogen-bond donors (Lipinski definition) is 2. The summed E-state index contributed by atoms with van der Waals surface area (Å²) in [4.78, 5) is 42.5. The quantitative estimate of drug-likeness (QED) is 0.369. The lowest BCUT2D eigenvalue weighted by Crippen LogP contribution is -2.57. The predicted molar refractivity (Wildman–Crippen MR) is 126 cm³/mol. The van der Waals surface area contributed by atoms with E-state index in [9.17, 15) is 14.4 Å². The van der Waals surface area contributed by atoms with E-state index in [0.717, 1.165) is 51.4 Å². The summed E-state index contributed by atoms with van der Waals surface area (Å²) < 4.78 is 12.1. The lowest BCUT2D eigenvalue weighted by Gasteiger charge is -2.36. The van der Waals surface area contributed by atoms with Gasteiger partial charge in [-0.3, -0.25) is 14.4 Å². The molecule has 1 aliphatic carbocycles. The summed E-state index contributed by atoms with van der Waals surface area (Å²) >= 11 is 0. The number of aliphatic hydroxyl groups excluding tert-OH is 1. The van der Waals surface area contributed by atoms with Gasteiger partial charge < -0.3 is 24.8 Å². The topological polar surface area (TPSA) is 105 Å². The lowest BCUT2D eigenvalue weighted by atomic mass is 9.62. The van der Waals surface area contributed by atoms with Crippen molar-refractivity contribution in [1.82, 2.24) is 10.2 Å². The van der Waals surface area contributed by atoms with Crippen molar-refractivity contribution in [3.8, 4) is 0 Å². The van der Waals surface area contributed by atoms with E-state index in [1.807, 2.05) is 6.92 Å². The molecule has 3 unspecified atom stereocenters. The summed E-state index contributed by atoms with van der Waals surface area (Å²) in [5.74, 6) is -2.05. The maximum Gasteiger partial charge on any atom is 0.312 e. The molecule has 3 saturated heterocycles. The molecule has 0 aromatic carbocycles. The van der Waals surface area contributed by atoms with Crippen molar-refractivity contribution in [3.63, 3.8) is 0 Å². The first-order chi connectivity index (χ1) is 16.3. The van der Waals surface area contributed by atoms with Crippen molar-refractivity contribution < 1.29 is 29.0 Å². The Morgan fingerprint density at radius 3 is 2.56 bits per heavy atom. The fourth-order valence-corrected chi connectivity index (χ4v) is 7.14. The molecule has 6 atom stereocenters. The minimum absolute atomic E-state index is 0.0282. The van der Waals surface area contributed by atoms with Crippen molar-refractivity contribution in [1.29, 1.82) is 0 Å². The Kier molecular flexibility index (Phi) is 7.58. The number of carbonyl (C=O) groups is 3. The Balaban J connectivity index is 1.63. The minimum Gasteiger partial charge on any atom is -0.466 e. The maximum absolute atomic E-state index is 13.9. The Morgan fingerprint density at radius 2 is 1.88 bits per heavy atom. The monoisotopic (exact) mass is 478 g/mol. The van der Waals surface area contributed by atoms with E-state index >= 15 is 0 Å². The smallest absolute Gasteiger partial charge is 0.312 e. The molecule has 3 aliphatic heterocycles. The van der Waals surface area contributed by atoms with Gasteiger partial charge in [-0.2, -0.15) is 0 Å². The molecule has 4 rings (SSSR count). The first-order valence-electron chi connectivity index (χ1n) is 13.4.